The van der Waals surface area contributed by atoms with Gasteiger partial charge in [-0.1, -0.05) is 12.1 Å². The van der Waals surface area contributed by atoms with Gasteiger partial charge in [0.2, 0.25) is 11.8 Å². The van der Waals surface area contributed by atoms with Crippen molar-refractivity contribution < 1.29 is 14.0 Å². The Morgan fingerprint density at radius 1 is 1.32 bits per heavy atom. The van der Waals surface area contributed by atoms with Crippen LogP contribution in [-0.4, -0.2) is 35.8 Å². The highest BCUT2D eigenvalue weighted by Crippen LogP contribution is 2.18. The van der Waals surface area contributed by atoms with E-state index in [4.69, 9.17) is 0 Å². The molecule has 0 atom stereocenters. The average Bonchev–Trinajstić information content (AvgIpc) is 2.46. The van der Waals surface area contributed by atoms with Crippen molar-refractivity contribution in [2.24, 2.45) is 5.92 Å². The van der Waals surface area contributed by atoms with Crippen molar-refractivity contribution in [2.45, 2.75) is 39.2 Å². The van der Waals surface area contributed by atoms with Gasteiger partial charge in [-0.25, -0.2) is 4.39 Å². The molecule has 1 aliphatic heterocycles. The van der Waals surface area contributed by atoms with Gasteiger partial charge in [0.05, 0.1) is 6.42 Å². The smallest absolute Gasteiger partial charge is 0.226 e. The number of halogens is 1. The molecule has 0 aromatic heterocycles. The Hall–Kier alpha value is -1.91. The third-order valence-corrected chi connectivity index (χ3v) is 3.89. The maximum absolute atomic E-state index is 13.1. The van der Waals surface area contributed by atoms with E-state index in [1.165, 1.54) is 12.1 Å². The summed E-state index contributed by atoms with van der Waals surface area (Å²) in [5.74, 6) is -0.268. The molecule has 0 saturated carbocycles. The lowest BCUT2D eigenvalue weighted by Crippen LogP contribution is -2.44. The van der Waals surface area contributed by atoms with E-state index in [0.29, 0.717) is 31.5 Å². The fourth-order valence-electron chi connectivity index (χ4n) is 2.73. The number of nitrogens with one attached hydrogen (secondary N) is 1. The van der Waals surface area contributed by atoms with Gasteiger partial charge in [-0.05, 0) is 44.4 Å². The first-order valence-corrected chi connectivity index (χ1v) is 7.78. The molecular weight excluding hydrogens is 283 g/mol. The number of hydrogen-bond acceptors (Lipinski definition) is 2. The molecule has 0 radical (unpaired) electrons. The molecule has 1 fully saturated rings. The molecule has 5 heteroatoms. The molecule has 1 aromatic carbocycles. The van der Waals surface area contributed by atoms with Crippen LogP contribution < -0.4 is 5.32 Å². The van der Waals surface area contributed by atoms with E-state index in [0.717, 1.165) is 0 Å². The minimum atomic E-state index is -0.325. The van der Waals surface area contributed by atoms with Crippen LogP contribution in [0.1, 0.15) is 32.3 Å². The first kappa shape index (κ1) is 16.5. The molecule has 1 aromatic rings. The van der Waals surface area contributed by atoms with E-state index >= 15 is 0 Å². The van der Waals surface area contributed by atoms with Crippen molar-refractivity contribution in [3.05, 3.63) is 35.6 Å². The number of likely N-dealkylation sites (tertiary alicyclic amines) is 1. The van der Waals surface area contributed by atoms with E-state index in [1.54, 1.807) is 17.0 Å². The molecule has 2 amide bonds. The number of piperidine rings is 1. The largest absolute Gasteiger partial charge is 0.354 e. The average molecular weight is 306 g/mol. The van der Waals surface area contributed by atoms with Gasteiger partial charge < -0.3 is 10.2 Å². The van der Waals surface area contributed by atoms with Crippen molar-refractivity contribution >= 4 is 11.8 Å². The minimum absolute atomic E-state index is 0.00619. The van der Waals surface area contributed by atoms with E-state index in [9.17, 15) is 14.0 Å². The Labute approximate surface area is 130 Å². The Bertz CT molecular complexity index is 537. The first-order valence-electron chi connectivity index (χ1n) is 7.78. The fraction of sp³-hybridized carbons (Fsp3) is 0.529. The van der Waals surface area contributed by atoms with Crippen LogP contribution in [0.25, 0.3) is 0 Å². The second kappa shape index (κ2) is 7.38. The third kappa shape index (κ3) is 4.55. The van der Waals surface area contributed by atoms with Crippen molar-refractivity contribution in [2.75, 3.05) is 13.1 Å². The van der Waals surface area contributed by atoms with Crippen LogP contribution in [0.4, 0.5) is 4.39 Å². The van der Waals surface area contributed by atoms with Gasteiger partial charge in [0, 0.05) is 25.0 Å². The molecule has 1 heterocycles. The summed E-state index contributed by atoms with van der Waals surface area (Å²) in [6.07, 6.45) is 1.58. The molecule has 0 aliphatic carbocycles. The second-order valence-electron chi connectivity index (χ2n) is 6.13. The molecule has 22 heavy (non-hydrogen) atoms. The van der Waals surface area contributed by atoms with Crippen LogP contribution in [-0.2, 0) is 16.0 Å². The monoisotopic (exact) mass is 306 g/mol. The van der Waals surface area contributed by atoms with Crippen molar-refractivity contribution in [1.29, 1.82) is 0 Å². The molecule has 4 nitrogen and oxygen atoms in total. The molecule has 2 rings (SSSR count). The molecule has 0 bridgehead atoms. The minimum Gasteiger partial charge on any atom is -0.354 e. The molecule has 120 valence electrons. The molecule has 0 spiro atoms. The Morgan fingerprint density at radius 3 is 2.59 bits per heavy atom. The first-order chi connectivity index (χ1) is 10.5. The lowest BCUT2D eigenvalue weighted by Gasteiger charge is -2.31. The topological polar surface area (TPSA) is 49.4 Å². The third-order valence-electron chi connectivity index (χ3n) is 3.89. The maximum atomic E-state index is 13.1. The quantitative estimate of drug-likeness (QED) is 0.926. The summed E-state index contributed by atoms with van der Waals surface area (Å²) >= 11 is 0. The number of hydrogen-bond donors (Lipinski definition) is 1. The predicted molar refractivity (Wildman–Crippen MR) is 82.7 cm³/mol. The van der Waals surface area contributed by atoms with Gasteiger partial charge in [-0.3, -0.25) is 9.59 Å². The molecule has 0 unspecified atom stereocenters. The Morgan fingerprint density at radius 2 is 2.00 bits per heavy atom. The number of amides is 2. The highest BCUT2D eigenvalue weighted by molar-refractivity contribution is 5.81. The number of nitrogens with zero attached hydrogens (tertiary/aromatic N) is 1. The van der Waals surface area contributed by atoms with Gasteiger partial charge in [-0.2, -0.15) is 0 Å². The lowest BCUT2D eigenvalue weighted by atomic mass is 9.95. The zero-order chi connectivity index (χ0) is 16.1. The standard InChI is InChI=1S/C17H23FN2O2/c1-12(2)19-17(22)14-6-8-20(9-7-14)16(21)11-13-4-3-5-15(18)10-13/h3-5,10,12,14H,6-9,11H2,1-2H3,(H,19,22). The van der Waals surface area contributed by atoms with Gasteiger partial charge >= 0.3 is 0 Å². The lowest BCUT2D eigenvalue weighted by molar-refractivity contribution is -0.135. The van der Waals surface area contributed by atoms with Crippen LogP contribution in [0.5, 0.6) is 0 Å². The Balaban J connectivity index is 1.83. The highest BCUT2D eigenvalue weighted by Gasteiger charge is 2.27. The van der Waals surface area contributed by atoms with Crippen LogP contribution in [0.15, 0.2) is 24.3 Å². The van der Waals surface area contributed by atoms with E-state index in [2.05, 4.69) is 5.32 Å². The summed E-state index contributed by atoms with van der Waals surface area (Å²) in [5.41, 5.74) is 0.685. The van der Waals surface area contributed by atoms with Crippen molar-refractivity contribution in [3.8, 4) is 0 Å². The van der Waals surface area contributed by atoms with Gasteiger partial charge in [0.25, 0.3) is 0 Å². The molecule has 1 saturated heterocycles. The fourth-order valence-corrected chi connectivity index (χ4v) is 2.73. The highest BCUT2D eigenvalue weighted by atomic mass is 19.1. The van der Waals surface area contributed by atoms with E-state index < -0.39 is 0 Å². The predicted octanol–water partition coefficient (Wildman–Crippen LogP) is 2.13. The summed E-state index contributed by atoms with van der Waals surface area (Å²) in [4.78, 5) is 26.0. The number of benzene rings is 1. The zero-order valence-electron chi connectivity index (χ0n) is 13.1. The summed E-state index contributed by atoms with van der Waals surface area (Å²) in [6, 6.07) is 6.26. The van der Waals surface area contributed by atoms with Gasteiger partial charge in [0.15, 0.2) is 0 Å². The SMILES string of the molecule is CC(C)NC(=O)C1CCN(C(=O)Cc2cccc(F)c2)CC1. The molecule has 1 N–H and O–H groups in total. The molecule has 1 aliphatic rings. The molecular formula is C17H23FN2O2. The van der Waals surface area contributed by atoms with Crippen LogP contribution in [0.3, 0.4) is 0 Å². The maximum Gasteiger partial charge on any atom is 0.226 e. The number of rotatable bonds is 4. The van der Waals surface area contributed by atoms with Crippen LogP contribution in [0, 0.1) is 11.7 Å². The summed E-state index contributed by atoms with van der Waals surface area (Å²) in [6.45, 7) is 5.06. The van der Waals surface area contributed by atoms with E-state index in [-0.39, 0.29) is 36.0 Å². The number of carbonyl (C=O) groups is 2. The van der Waals surface area contributed by atoms with Crippen molar-refractivity contribution in [3.63, 3.8) is 0 Å². The van der Waals surface area contributed by atoms with Crippen LogP contribution >= 0.6 is 0 Å². The summed E-state index contributed by atoms with van der Waals surface area (Å²) in [5, 5.41) is 2.92. The van der Waals surface area contributed by atoms with Gasteiger partial charge in [0.1, 0.15) is 5.82 Å². The summed E-state index contributed by atoms with van der Waals surface area (Å²) < 4.78 is 13.1. The van der Waals surface area contributed by atoms with E-state index in [1.807, 2.05) is 13.8 Å². The van der Waals surface area contributed by atoms with Crippen molar-refractivity contribution in [1.82, 2.24) is 10.2 Å². The normalized spacial score (nSPS) is 15.9. The Kier molecular flexibility index (Phi) is 5.52. The van der Waals surface area contributed by atoms with Gasteiger partial charge in [-0.15, -0.1) is 0 Å². The number of carbonyl (C=O) groups excluding carboxylic acids is 2. The van der Waals surface area contributed by atoms with Crippen LogP contribution in [0.2, 0.25) is 0 Å². The summed E-state index contributed by atoms with van der Waals surface area (Å²) in [7, 11) is 0. The zero-order valence-corrected chi connectivity index (χ0v) is 13.1. The second-order valence-corrected chi connectivity index (χ2v) is 6.13.